The second-order valence-electron chi connectivity index (χ2n) is 6.35. The second kappa shape index (κ2) is 8.37. The fourth-order valence-corrected chi connectivity index (χ4v) is 3.86. The van der Waals surface area contributed by atoms with E-state index in [-0.39, 0.29) is 28.9 Å². The average molecular weight is 390 g/mol. The molecule has 0 radical (unpaired) electrons. The van der Waals surface area contributed by atoms with E-state index in [1.807, 2.05) is 6.07 Å². The van der Waals surface area contributed by atoms with Gasteiger partial charge in [-0.2, -0.15) is 14.6 Å². The number of likely N-dealkylation sites (tertiary alicyclic amines) is 1. The van der Waals surface area contributed by atoms with Gasteiger partial charge in [0.15, 0.2) is 10.8 Å². The Hall–Kier alpha value is -2.64. The van der Waals surface area contributed by atoms with Gasteiger partial charge in [-0.1, -0.05) is 11.3 Å². The van der Waals surface area contributed by atoms with E-state index in [1.165, 1.54) is 19.3 Å². The lowest BCUT2D eigenvalue weighted by Gasteiger charge is -2.37. The van der Waals surface area contributed by atoms with E-state index in [4.69, 9.17) is 10.00 Å². The van der Waals surface area contributed by atoms with Crippen LogP contribution < -0.4 is 10.1 Å². The molecule has 0 saturated carbocycles. The molecule has 2 aromatic rings. The molecule has 1 fully saturated rings. The third-order valence-electron chi connectivity index (χ3n) is 4.28. The number of thiazole rings is 1. The monoisotopic (exact) mass is 390 g/mol. The lowest BCUT2D eigenvalue weighted by molar-refractivity contribution is -0.114. The standard InChI is InChI=1S/C17H19FN6O2S/c1-10-5-13(26-15-8-20-12(6-19)7-21-15)3-4-24(10)9-14-16(18)23-17(27-14)22-11(2)25/h7-8,10,13H,3-5,9H2,1-2H3,(H,22,23,25)/t10-,13+/m1/s1. The number of rotatable bonds is 5. The molecule has 1 aliphatic heterocycles. The maximum atomic E-state index is 14.0. The summed E-state index contributed by atoms with van der Waals surface area (Å²) in [6.45, 7) is 4.60. The van der Waals surface area contributed by atoms with Gasteiger partial charge >= 0.3 is 0 Å². The number of nitrogens with zero attached hydrogens (tertiary/aromatic N) is 5. The van der Waals surface area contributed by atoms with Gasteiger partial charge in [0, 0.05) is 26.1 Å². The Kier molecular flexibility index (Phi) is 5.93. The topological polar surface area (TPSA) is 104 Å². The summed E-state index contributed by atoms with van der Waals surface area (Å²) in [6, 6.07) is 2.10. The van der Waals surface area contributed by atoms with Gasteiger partial charge in [0.05, 0.1) is 17.3 Å². The number of aromatic nitrogens is 3. The molecular formula is C17H19FN6O2S. The molecule has 0 unspecified atom stereocenters. The van der Waals surface area contributed by atoms with Crippen LogP contribution in [-0.2, 0) is 11.3 Å². The zero-order valence-electron chi connectivity index (χ0n) is 15.0. The summed E-state index contributed by atoms with van der Waals surface area (Å²) in [5.41, 5.74) is 0.246. The van der Waals surface area contributed by atoms with Crippen molar-refractivity contribution in [3.05, 3.63) is 28.9 Å². The smallest absolute Gasteiger partial charge is 0.232 e. The summed E-state index contributed by atoms with van der Waals surface area (Å²) in [6.07, 6.45) is 4.35. The highest BCUT2D eigenvalue weighted by Crippen LogP contribution is 2.27. The van der Waals surface area contributed by atoms with Crippen LogP contribution in [0.4, 0.5) is 9.52 Å². The summed E-state index contributed by atoms with van der Waals surface area (Å²) in [4.78, 5) is 25.5. The van der Waals surface area contributed by atoms with E-state index in [0.29, 0.717) is 17.3 Å². The van der Waals surface area contributed by atoms with Gasteiger partial charge in [0.2, 0.25) is 17.7 Å². The molecule has 3 heterocycles. The SMILES string of the molecule is CC(=O)Nc1nc(F)c(CN2CC[C@H](Oc3cnc(C#N)cn3)C[C@H]2C)s1. The molecular weight excluding hydrogens is 371 g/mol. The number of amides is 1. The van der Waals surface area contributed by atoms with Crippen molar-refractivity contribution in [2.24, 2.45) is 0 Å². The normalized spacial score (nSPS) is 20.1. The molecule has 1 saturated heterocycles. The van der Waals surface area contributed by atoms with Crippen molar-refractivity contribution in [3.63, 3.8) is 0 Å². The first kappa shape index (κ1) is 19.1. The average Bonchev–Trinajstić information content (AvgIpc) is 2.96. The molecule has 8 nitrogen and oxygen atoms in total. The van der Waals surface area contributed by atoms with Crippen LogP contribution in [0.3, 0.4) is 0 Å². The largest absolute Gasteiger partial charge is 0.473 e. The summed E-state index contributed by atoms with van der Waals surface area (Å²) >= 11 is 1.15. The van der Waals surface area contributed by atoms with E-state index >= 15 is 0 Å². The molecule has 0 spiro atoms. The highest BCUT2D eigenvalue weighted by atomic mass is 32.1. The van der Waals surface area contributed by atoms with Crippen molar-refractivity contribution in [1.82, 2.24) is 19.9 Å². The molecule has 2 atom stereocenters. The van der Waals surface area contributed by atoms with Crippen LogP contribution in [0.2, 0.25) is 0 Å². The van der Waals surface area contributed by atoms with Crippen molar-refractivity contribution in [1.29, 1.82) is 5.26 Å². The predicted octanol–water partition coefficient (Wildman–Crippen LogP) is 2.33. The summed E-state index contributed by atoms with van der Waals surface area (Å²) in [7, 11) is 0. The van der Waals surface area contributed by atoms with Crippen LogP contribution in [-0.4, -0.2) is 44.4 Å². The Balaban J connectivity index is 1.56. The van der Waals surface area contributed by atoms with Crippen molar-refractivity contribution >= 4 is 22.4 Å². The van der Waals surface area contributed by atoms with Crippen LogP contribution in [0.1, 0.15) is 37.3 Å². The van der Waals surface area contributed by atoms with Crippen molar-refractivity contribution < 1.29 is 13.9 Å². The molecule has 2 aromatic heterocycles. The minimum Gasteiger partial charge on any atom is -0.473 e. The lowest BCUT2D eigenvalue weighted by atomic mass is 10.0. The van der Waals surface area contributed by atoms with Gasteiger partial charge in [-0.25, -0.2) is 9.97 Å². The van der Waals surface area contributed by atoms with Crippen LogP contribution in [0.15, 0.2) is 12.4 Å². The number of hydrogen-bond donors (Lipinski definition) is 1. The second-order valence-corrected chi connectivity index (χ2v) is 7.43. The molecule has 1 amide bonds. The quantitative estimate of drug-likeness (QED) is 0.835. The predicted molar refractivity (Wildman–Crippen MR) is 96.6 cm³/mol. The number of carbonyl (C=O) groups is 1. The molecule has 3 rings (SSSR count). The fraction of sp³-hybridized carbons (Fsp3) is 0.471. The highest BCUT2D eigenvalue weighted by Gasteiger charge is 2.28. The number of halogens is 1. The van der Waals surface area contributed by atoms with Gasteiger partial charge in [0.1, 0.15) is 12.2 Å². The Bertz CT molecular complexity index is 850. The summed E-state index contributed by atoms with van der Waals surface area (Å²) in [5.74, 6) is -0.414. The Morgan fingerprint density at radius 1 is 1.52 bits per heavy atom. The minimum atomic E-state index is -0.540. The summed E-state index contributed by atoms with van der Waals surface area (Å²) in [5, 5.41) is 11.5. The maximum Gasteiger partial charge on any atom is 0.232 e. The van der Waals surface area contributed by atoms with Crippen LogP contribution in [0, 0.1) is 17.3 Å². The number of hydrogen-bond acceptors (Lipinski definition) is 8. The Morgan fingerprint density at radius 2 is 2.33 bits per heavy atom. The first-order valence-corrected chi connectivity index (χ1v) is 9.32. The molecule has 0 aromatic carbocycles. The van der Waals surface area contributed by atoms with Crippen molar-refractivity contribution in [3.8, 4) is 11.9 Å². The molecule has 0 bridgehead atoms. The Morgan fingerprint density at radius 3 is 2.96 bits per heavy atom. The number of anilines is 1. The van der Waals surface area contributed by atoms with Crippen LogP contribution in [0.25, 0.3) is 0 Å². The van der Waals surface area contributed by atoms with Crippen molar-refractivity contribution in [2.45, 2.75) is 45.4 Å². The third-order valence-corrected chi connectivity index (χ3v) is 5.21. The van der Waals surface area contributed by atoms with E-state index in [2.05, 4.69) is 32.1 Å². The molecule has 1 N–H and O–H groups in total. The summed E-state index contributed by atoms with van der Waals surface area (Å²) < 4.78 is 19.9. The van der Waals surface area contributed by atoms with Gasteiger partial charge in [0.25, 0.3) is 0 Å². The first-order chi connectivity index (χ1) is 12.9. The Labute approximate surface area is 160 Å². The first-order valence-electron chi connectivity index (χ1n) is 8.50. The van der Waals surface area contributed by atoms with Gasteiger partial charge in [-0.05, 0) is 19.8 Å². The van der Waals surface area contributed by atoms with Crippen LogP contribution >= 0.6 is 11.3 Å². The van der Waals surface area contributed by atoms with E-state index in [1.54, 1.807) is 0 Å². The van der Waals surface area contributed by atoms with E-state index in [9.17, 15) is 9.18 Å². The maximum absolute atomic E-state index is 14.0. The molecule has 142 valence electrons. The molecule has 1 aliphatic rings. The molecule has 10 heteroatoms. The van der Waals surface area contributed by atoms with Gasteiger partial charge in [-0.15, -0.1) is 0 Å². The van der Waals surface area contributed by atoms with E-state index in [0.717, 1.165) is 30.7 Å². The number of carbonyl (C=O) groups excluding carboxylic acids is 1. The highest BCUT2D eigenvalue weighted by molar-refractivity contribution is 7.15. The fourth-order valence-electron chi connectivity index (χ4n) is 2.94. The van der Waals surface area contributed by atoms with Gasteiger partial charge in [-0.3, -0.25) is 9.69 Å². The van der Waals surface area contributed by atoms with Gasteiger partial charge < -0.3 is 10.1 Å². The zero-order chi connectivity index (χ0) is 19.4. The van der Waals surface area contributed by atoms with Crippen LogP contribution in [0.5, 0.6) is 5.88 Å². The minimum absolute atomic E-state index is 0.0141. The zero-order valence-corrected chi connectivity index (χ0v) is 15.8. The van der Waals surface area contributed by atoms with Crippen molar-refractivity contribution in [2.75, 3.05) is 11.9 Å². The number of nitriles is 1. The number of ether oxygens (including phenoxy) is 1. The molecule has 27 heavy (non-hydrogen) atoms. The van der Waals surface area contributed by atoms with E-state index < -0.39 is 5.95 Å². The third kappa shape index (κ3) is 4.96. The number of piperidine rings is 1. The molecule has 0 aliphatic carbocycles. The lowest BCUT2D eigenvalue weighted by Crippen LogP contribution is -2.43. The number of nitrogens with one attached hydrogen (secondary N) is 1.